The fourth-order valence-corrected chi connectivity index (χ4v) is 4.52. The molecule has 18 heavy (non-hydrogen) atoms. The number of carboxylic acid groups (broad SMARTS) is 1. The summed E-state index contributed by atoms with van der Waals surface area (Å²) in [4.78, 5) is 11.2. The molecule has 1 saturated heterocycles. The number of carboxylic acids is 1. The van der Waals surface area contributed by atoms with Crippen molar-refractivity contribution in [1.82, 2.24) is 0 Å². The molecule has 3 atom stereocenters. The second kappa shape index (κ2) is 4.22. The highest BCUT2D eigenvalue weighted by molar-refractivity contribution is 5.68. The van der Waals surface area contributed by atoms with Gasteiger partial charge in [0.2, 0.25) is 0 Å². The van der Waals surface area contributed by atoms with E-state index in [2.05, 4.69) is 27.7 Å². The minimum absolute atomic E-state index is 0.0697. The molecule has 0 aromatic carbocycles. The van der Waals surface area contributed by atoms with Gasteiger partial charge in [0.1, 0.15) is 0 Å². The Kier molecular flexibility index (Phi) is 3.25. The van der Waals surface area contributed by atoms with Gasteiger partial charge in [-0.05, 0) is 38.0 Å². The van der Waals surface area contributed by atoms with Crippen LogP contribution in [0.5, 0.6) is 0 Å². The maximum absolute atomic E-state index is 11.2. The monoisotopic (exact) mass is 254 g/mol. The van der Waals surface area contributed by atoms with E-state index in [1.165, 1.54) is 0 Å². The van der Waals surface area contributed by atoms with Crippen molar-refractivity contribution in [1.29, 1.82) is 0 Å². The molecule has 0 aromatic rings. The molecular formula is C15H26O3. The second-order valence-corrected chi connectivity index (χ2v) is 7.16. The van der Waals surface area contributed by atoms with E-state index in [4.69, 9.17) is 4.74 Å². The van der Waals surface area contributed by atoms with Gasteiger partial charge in [0.05, 0.1) is 18.1 Å². The van der Waals surface area contributed by atoms with E-state index in [-0.39, 0.29) is 29.0 Å². The van der Waals surface area contributed by atoms with Crippen LogP contribution in [0.1, 0.15) is 66.2 Å². The van der Waals surface area contributed by atoms with E-state index in [9.17, 15) is 9.90 Å². The Hall–Kier alpha value is -0.570. The zero-order valence-electron chi connectivity index (χ0n) is 12.1. The minimum atomic E-state index is -0.697. The van der Waals surface area contributed by atoms with Crippen LogP contribution in [0.25, 0.3) is 0 Å². The fraction of sp³-hybridized carbons (Fsp3) is 0.933. The molecule has 1 saturated carbocycles. The predicted octanol–water partition coefficient (Wildman–Crippen LogP) is 3.62. The Labute approximate surface area is 110 Å². The van der Waals surface area contributed by atoms with Crippen molar-refractivity contribution in [2.45, 2.75) is 77.9 Å². The Morgan fingerprint density at radius 3 is 2.44 bits per heavy atom. The van der Waals surface area contributed by atoms with Gasteiger partial charge in [0.15, 0.2) is 0 Å². The van der Waals surface area contributed by atoms with Crippen molar-refractivity contribution in [3.63, 3.8) is 0 Å². The highest BCUT2D eigenvalue weighted by Crippen LogP contribution is 2.62. The van der Waals surface area contributed by atoms with Crippen LogP contribution in [0.4, 0.5) is 0 Å². The molecular weight excluding hydrogens is 228 g/mol. The van der Waals surface area contributed by atoms with Crippen molar-refractivity contribution in [2.75, 3.05) is 0 Å². The number of aliphatic carboxylic acids is 1. The Morgan fingerprint density at radius 2 is 1.94 bits per heavy atom. The summed E-state index contributed by atoms with van der Waals surface area (Å²) in [5.74, 6) is -0.697. The molecule has 1 aliphatic heterocycles. The van der Waals surface area contributed by atoms with Crippen molar-refractivity contribution in [3.05, 3.63) is 0 Å². The molecule has 2 fully saturated rings. The number of rotatable bonds is 2. The molecule has 0 bridgehead atoms. The van der Waals surface area contributed by atoms with Gasteiger partial charge >= 0.3 is 5.97 Å². The third kappa shape index (κ3) is 1.87. The maximum atomic E-state index is 11.2. The third-order valence-electron chi connectivity index (χ3n) is 5.45. The topological polar surface area (TPSA) is 46.5 Å². The summed E-state index contributed by atoms with van der Waals surface area (Å²) < 4.78 is 6.36. The normalized spacial score (nSPS) is 43.2. The molecule has 3 nitrogen and oxygen atoms in total. The van der Waals surface area contributed by atoms with Crippen LogP contribution < -0.4 is 0 Å². The van der Waals surface area contributed by atoms with Crippen LogP contribution in [0.15, 0.2) is 0 Å². The van der Waals surface area contributed by atoms with E-state index in [0.717, 1.165) is 32.1 Å². The molecule has 1 spiro atoms. The summed E-state index contributed by atoms with van der Waals surface area (Å²) in [5, 5.41) is 9.26. The van der Waals surface area contributed by atoms with Gasteiger partial charge < -0.3 is 9.84 Å². The van der Waals surface area contributed by atoms with Gasteiger partial charge in [-0.1, -0.05) is 27.2 Å². The fourth-order valence-electron chi connectivity index (χ4n) is 4.52. The van der Waals surface area contributed by atoms with E-state index in [1.807, 2.05) is 0 Å². The standard InChI is InChI=1S/C15H26O3/c1-11-6-9-15(18-11)13(2,3)7-5-8-14(15,4)10-12(16)17/h11H,5-10H2,1-4H3,(H,16,17). The lowest BCUT2D eigenvalue weighted by atomic mass is 9.51. The summed E-state index contributed by atoms with van der Waals surface area (Å²) in [6, 6.07) is 0. The maximum Gasteiger partial charge on any atom is 0.304 e. The van der Waals surface area contributed by atoms with E-state index >= 15 is 0 Å². The number of hydrogen-bond donors (Lipinski definition) is 1. The first kappa shape index (κ1) is 13.9. The van der Waals surface area contributed by atoms with Crippen molar-refractivity contribution < 1.29 is 14.6 Å². The average Bonchev–Trinajstić information content (AvgIpc) is 2.59. The summed E-state index contributed by atoms with van der Waals surface area (Å²) in [5.41, 5.74) is -0.415. The first-order valence-electron chi connectivity index (χ1n) is 7.12. The van der Waals surface area contributed by atoms with E-state index in [0.29, 0.717) is 0 Å². The van der Waals surface area contributed by atoms with Gasteiger partial charge in [0, 0.05) is 5.41 Å². The van der Waals surface area contributed by atoms with E-state index < -0.39 is 5.97 Å². The van der Waals surface area contributed by atoms with E-state index in [1.54, 1.807) is 0 Å². The summed E-state index contributed by atoms with van der Waals surface area (Å²) >= 11 is 0. The van der Waals surface area contributed by atoms with Gasteiger partial charge in [-0.3, -0.25) is 4.79 Å². The summed E-state index contributed by atoms with van der Waals surface area (Å²) in [6.45, 7) is 8.75. The van der Waals surface area contributed by atoms with Gasteiger partial charge in [-0.25, -0.2) is 0 Å². The molecule has 3 unspecified atom stereocenters. The van der Waals surface area contributed by atoms with Crippen LogP contribution in [0.3, 0.4) is 0 Å². The van der Waals surface area contributed by atoms with Crippen LogP contribution >= 0.6 is 0 Å². The molecule has 0 radical (unpaired) electrons. The molecule has 1 heterocycles. The Bertz CT molecular complexity index is 350. The van der Waals surface area contributed by atoms with Crippen LogP contribution in [0, 0.1) is 10.8 Å². The lowest BCUT2D eigenvalue weighted by Gasteiger charge is -2.58. The molecule has 2 rings (SSSR count). The highest BCUT2D eigenvalue weighted by atomic mass is 16.5. The number of carbonyl (C=O) groups is 1. The summed E-state index contributed by atoms with van der Waals surface area (Å²) in [6.07, 6.45) is 5.75. The number of hydrogen-bond acceptors (Lipinski definition) is 2. The highest BCUT2D eigenvalue weighted by Gasteiger charge is 2.62. The van der Waals surface area contributed by atoms with Crippen LogP contribution in [-0.4, -0.2) is 22.8 Å². The molecule has 2 aliphatic rings. The zero-order valence-corrected chi connectivity index (χ0v) is 12.1. The van der Waals surface area contributed by atoms with Gasteiger partial charge in [-0.2, -0.15) is 0 Å². The van der Waals surface area contributed by atoms with Crippen molar-refractivity contribution in [2.24, 2.45) is 10.8 Å². The third-order valence-corrected chi connectivity index (χ3v) is 5.45. The Morgan fingerprint density at radius 1 is 1.28 bits per heavy atom. The molecule has 104 valence electrons. The molecule has 1 aliphatic carbocycles. The molecule has 0 amide bonds. The van der Waals surface area contributed by atoms with Crippen molar-refractivity contribution in [3.8, 4) is 0 Å². The first-order valence-corrected chi connectivity index (χ1v) is 7.12. The summed E-state index contributed by atoms with van der Waals surface area (Å²) in [7, 11) is 0. The lowest BCUT2D eigenvalue weighted by Crippen LogP contribution is -2.59. The second-order valence-electron chi connectivity index (χ2n) is 7.16. The van der Waals surface area contributed by atoms with Crippen LogP contribution in [0.2, 0.25) is 0 Å². The van der Waals surface area contributed by atoms with Crippen molar-refractivity contribution >= 4 is 5.97 Å². The Balaban J connectivity index is 2.40. The molecule has 3 heteroatoms. The lowest BCUT2D eigenvalue weighted by molar-refractivity contribution is -0.211. The minimum Gasteiger partial charge on any atom is -0.481 e. The largest absolute Gasteiger partial charge is 0.481 e. The predicted molar refractivity (Wildman–Crippen MR) is 70.5 cm³/mol. The quantitative estimate of drug-likeness (QED) is 0.818. The smallest absolute Gasteiger partial charge is 0.304 e. The van der Waals surface area contributed by atoms with Gasteiger partial charge in [0.25, 0.3) is 0 Å². The zero-order chi connectivity index (χ0) is 13.6. The van der Waals surface area contributed by atoms with Gasteiger partial charge in [-0.15, -0.1) is 0 Å². The SMILES string of the molecule is CC1CCC2(O1)C(C)(C)CCCC2(C)CC(=O)O. The van der Waals surface area contributed by atoms with Crippen LogP contribution in [-0.2, 0) is 9.53 Å². The average molecular weight is 254 g/mol. The molecule has 1 N–H and O–H groups in total. The first-order chi connectivity index (χ1) is 8.22. The number of ether oxygens (including phenoxy) is 1. The molecule has 0 aromatic heterocycles.